The molecule has 10 nitrogen and oxygen atoms in total. The van der Waals surface area contributed by atoms with Gasteiger partial charge in [0, 0.05) is 18.2 Å². The molecule has 1 aliphatic heterocycles. The van der Waals surface area contributed by atoms with Crippen molar-refractivity contribution in [3.8, 4) is 11.5 Å². The number of phenols is 1. The van der Waals surface area contributed by atoms with Crippen molar-refractivity contribution in [1.29, 1.82) is 0 Å². The quantitative estimate of drug-likeness (QED) is 0.254. The van der Waals surface area contributed by atoms with E-state index in [1.807, 2.05) is 13.8 Å². The van der Waals surface area contributed by atoms with Crippen LogP contribution in [0.5, 0.6) is 11.5 Å². The van der Waals surface area contributed by atoms with Gasteiger partial charge in [0.25, 0.3) is 0 Å². The summed E-state index contributed by atoms with van der Waals surface area (Å²) in [6.45, 7) is 7.80. The predicted molar refractivity (Wildman–Crippen MR) is 110 cm³/mol. The SMILES string of the molecule is C=CCc1cc(O)ccc1OCC(CNC(C)C)O[C@@H]1O[C@H](C(=O)O)[C@@H](O)[C@H](O)[C@H]1O. The highest BCUT2D eigenvalue weighted by Crippen LogP contribution is 2.26. The molecule has 0 aromatic heterocycles. The smallest absolute Gasteiger partial charge is 0.335 e. The normalized spacial score (nSPS) is 27.1. The number of benzene rings is 1. The fourth-order valence-electron chi connectivity index (χ4n) is 3.07. The number of carboxylic acid groups (broad SMARTS) is 1. The lowest BCUT2D eigenvalue weighted by Gasteiger charge is -2.39. The van der Waals surface area contributed by atoms with E-state index in [1.54, 1.807) is 18.2 Å². The second-order valence-electron chi connectivity index (χ2n) is 7.65. The molecule has 0 aliphatic carbocycles. The van der Waals surface area contributed by atoms with Gasteiger partial charge in [-0.1, -0.05) is 19.9 Å². The minimum atomic E-state index is -1.80. The van der Waals surface area contributed by atoms with Gasteiger partial charge in [-0.05, 0) is 24.6 Å². The molecule has 31 heavy (non-hydrogen) atoms. The predicted octanol–water partition coefficient (Wildman–Crippen LogP) is -0.225. The number of aliphatic hydroxyl groups is 3. The average molecular weight is 441 g/mol. The van der Waals surface area contributed by atoms with Gasteiger partial charge >= 0.3 is 5.97 Å². The van der Waals surface area contributed by atoms with E-state index in [2.05, 4.69) is 11.9 Å². The molecule has 1 aromatic rings. The first kappa shape index (κ1) is 25.1. The molecule has 0 bridgehead atoms. The number of rotatable bonds is 11. The number of carboxylic acids is 1. The number of allylic oxidation sites excluding steroid dienone is 1. The van der Waals surface area contributed by atoms with Gasteiger partial charge in [-0.2, -0.15) is 0 Å². The Labute approximate surface area is 180 Å². The maximum Gasteiger partial charge on any atom is 0.335 e. The lowest BCUT2D eigenvalue weighted by Crippen LogP contribution is -2.61. The fraction of sp³-hybridized carbons (Fsp3) is 0.571. The van der Waals surface area contributed by atoms with Crippen molar-refractivity contribution in [3.05, 3.63) is 36.4 Å². The molecule has 0 radical (unpaired) electrons. The summed E-state index contributed by atoms with van der Waals surface area (Å²) >= 11 is 0. The highest BCUT2D eigenvalue weighted by atomic mass is 16.7. The number of hydrogen-bond acceptors (Lipinski definition) is 9. The van der Waals surface area contributed by atoms with Gasteiger partial charge in [-0.15, -0.1) is 6.58 Å². The Balaban J connectivity index is 2.13. The summed E-state index contributed by atoms with van der Waals surface area (Å²) in [4.78, 5) is 11.3. The molecular formula is C21H31NO9. The van der Waals surface area contributed by atoms with E-state index in [9.17, 15) is 30.3 Å². The molecule has 1 heterocycles. The van der Waals surface area contributed by atoms with E-state index >= 15 is 0 Å². The van der Waals surface area contributed by atoms with Crippen LogP contribution >= 0.6 is 0 Å². The van der Waals surface area contributed by atoms with Crippen molar-refractivity contribution >= 4 is 5.97 Å². The van der Waals surface area contributed by atoms with Crippen LogP contribution in [0, 0.1) is 0 Å². The van der Waals surface area contributed by atoms with Gasteiger partial charge in [0.15, 0.2) is 12.4 Å². The van der Waals surface area contributed by atoms with Crippen LogP contribution in [0.25, 0.3) is 0 Å². The summed E-state index contributed by atoms with van der Waals surface area (Å²) < 4.78 is 16.8. The highest BCUT2D eigenvalue weighted by molar-refractivity contribution is 5.73. The Morgan fingerprint density at radius 2 is 1.97 bits per heavy atom. The number of nitrogens with one attached hydrogen (secondary N) is 1. The molecule has 6 atom stereocenters. The zero-order chi connectivity index (χ0) is 23.1. The van der Waals surface area contributed by atoms with Gasteiger partial charge in [0.2, 0.25) is 0 Å². The first-order valence-corrected chi connectivity index (χ1v) is 10.0. The minimum Gasteiger partial charge on any atom is -0.508 e. The van der Waals surface area contributed by atoms with Gasteiger partial charge in [0.1, 0.15) is 42.5 Å². The van der Waals surface area contributed by atoms with Crippen molar-refractivity contribution in [2.45, 2.75) is 63.1 Å². The summed E-state index contributed by atoms with van der Waals surface area (Å²) in [6.07, 6.45) is -7.02. The van der Waals surface area contributed by atoms with Crippen molar-refractivity contribution < 1.29 is 44.5 Å². The zero-order valence-corrected chi connectivity index (χ0v) is 17.5. The Bertz CT molecular complexity index is 742. The number of aromatic hydroxyl groups is 1. The molecule has 1 aromatic carbocycles. The molecule has 0 saturated carbocycles. The monoisotopic (exact) mass is 441 g/mol. The van der Waals surface area contributed by atoms with Crippen LogP contribution in [0.15, 0.2) is 30.9 Å². The largest absolute Gasteiger partial charge is 0.508 e. The molecular weight excluding hydrogens is 410 g/mol. The van der Waals surface area contributed by atoms with Crippen molar-refractivity contribution in [1.82, 2.24) is 5.32 Å². The standard InChI is InChI=1S/C21H31NO9/c1-4-5-12-8-13(23)6-7-15(12)29-10-14(9-22-11(2)3)30-21-18(26)16(24)17(25)19(31-21)20(27)28/h4,6-8,11,14,16-19,21-26H,1,5,9-10H2,2-3H3,(H,27,28)/t14?,16-,17-,18+,19-,21+/m0/s1. The molecule has 1 aliphatic rings. The minimum absolute atomic E-state index is 0.00238. The van der Waals surface area contributed by atoms with Gasteiger partial charge < -0.3 is 45.1 Å². The first-order valence-electron chi connectivity index (χ1n) is 10.0. The molecule has 2 rings (SSSR count). The van der Waals surface area contributed by atoms with E-state index < -0.39 is 42.8 Å². The van der Waals surface area contributed by atoms with Gasteiger partial charge in [-0.25, -0.2) is 4.79 Å². The number of hydrogen-bond donors (Lipinski definition) is 6. The van der Waals surface area contributed by atoms with Crippen LogP contribution in [-0.4, -0.2) is 87.5 Å². The Morgan fingerprint density at radius 3 is 2.58 bits per heavy atom. The molecule has 174 valence electrons. The van der Waals surface area contributed by atoms with E-state index in [4.69, 9.17) is 14.2 Å². The second-order valence-corrected chi connectivity index (χ2v) is 7.65. The third kappa shape index (κ3) is 6.89. The van der Waals surface area contributed by atoms with E-state index in [0.717, 1.165) is 0 Å². The topological polar surface area (TPSA) is 158 Å². The van der Waals surface area contributed by atoms with Gasteiger partial charge in [0.05, 0.1) is 0 Å². The van der Waals surface area contributed by atoms with Crippen LogP contribution < -0.4 is 10.1 Å². The third-order valence-corrected chi connectivity index (χ3v) is 4.73. The van der Waals surface area contributed by atoms with Crippen LogP contribution in [0.2, 0.25) is 0 Å². The van der Waals surface area contributed by atoms with Crippen LogP contribution in [0.1, 0.15) is 19.4 Å². The molecule has 1 unspecified atom stereocenters. The summed E-state index contributed by atoms with van der Waals surface area (Å²) in [5.41, 5.74) is 0.712. The number of carbonyl (C=O) groups is 1. The summed E-state index contributed by atoms with van der Waals surface area (Å²) in [5, 5.41) is 52.1. The summed E-state index contributed by atoms with van der Waals surface area (Å²) in [6, 6.07) is 4.75. The van der Waals surface area contributed by atoms with Crippen LogP contribution in [-0.2, 0) is 20.7 Å². The second kappa shape index (κ2) is 11.4. The molecule has 1 saturated heterocycles. The Kier molecular flexibility index (Phi) is 9.23. The maximum atomic E-state index is 11.3. The molecule has 6 N–H and O–H groups in total. The number of ether oxygens (including phenoxy) is 3. The van der Waals surface area contributed by atoms with Crippen molar-refractivity contribution in [2.75, 3.05) is 13.2 Å². The van der Waals surface area contributed by atoms with E-state index in [-0.39, 0.29) is 24.9 Å². The highest BCUT2D eigenvalue weighted by Gasteiger charge is 2.48. The maximum absolute atomic E-state index is 11.3. The molecule has 0 amide bonds. The summed E-state index contributed by atoms with van der Waals surface area (Å²) in [7, 11) is 0. The van der Waals surface area contributed by atoms with Crippen molar-refractivity contribution in [2.24, 2.45) is 0 Å². The average Bonchev–Trinajstić information content (AvgIpc) is 2.71. The number of aliphatic carboxylic acids is 1. The fourth-order valence-corrected chi connectivity index (χ4v) is 3.07. The number of aliphatic hydroxyl groups excluding tert-OH is 3. The lowest BCUT2D eigenvalue weighted by molar-refractivity contribution is -0.305. The Morgan fingerprint density at radius 1 is 1.26 bits per heavy atom. The number of phenolic OH excluding ortho intramolecular Hbond substituents is 1. The van der Waals surface area contributed by atoms with Crippen LogP contribution in [0.3, 0.4) is 0 Å². The van der Waals surface area contributed by atoms with Crippen LogP contribution in [0.4, 0.5) is 0 Å². The Hall–Kier alpha value is -2.21. The zero-order valence-electron chi connectivity index (χ0n) is 17.5. The van der Waals surface area contributed by atoms with E-state index in [0.29, 0.717) is 17.7 Å². The summed E-state index contributed by atoms with van der Waals surface area (Å²) in [5.74, 6) is -0.900. The van der Waals surface area contributed by atoms with Crippen molar-refractivity contribution in [3.63, 3.8) is 0 Å². The van der Waals surface area contributed by atoms with E-state index in [1.165, 1.54) is 6.07 Å². The third-order valence-electron chi connectivity index (χ3n) is 4.73. The molecule has 10 heteroatoms. The molecule has 0 spiro atoms. The van der Waals surface area contributed by atoms with Gasteiger partial charge in [-0.3, -0.25) is 0 Å². The lowest BCUT2D eigenvalue weighted by atomic mass is 9.99. The molecule has 1 fully saturated rings. The first-order chi connectivity index (χ1) is 14.6.